The van der Waals surface area contributed by atoms with Crippen molar-refractivity contribution in [2.75, 3.05) is 11.5 Å². The van der Waals surface area contributed by atoms with Crippen LogP contribution in [0.15, 0.2) is 46.2 Å². The van der Waals surface area contributed by atoms with Crippen LogP contribution in [0.4, 0.5) is 11.4 Å². The Morgan fingerprint density at radius 3 is 1.37 bits per heavy atom. The molecule has 2 aromatic carbocycles. The minimum absolute atomic E-state index is 0.484. The molecule has 0 saturated heterocycles. The molecule has 6 N–H and O–H groups in total. The molecule has 2 aromatic rings. The smallest absolute Gasteiger partial charge is 0.347 e. The normalized spacial score (nSPS) is 11.8. The number of hydrogen-bond acceptors (Lipinski definition) is 9. The van der Waals surface area contributed by atoms with Gasteiger partial charge in [-0.2, -0.15) is 16.8 Å². The summed E-state index contributed by atoms with van der Waals surface area (Å²) in [5.41, 5.74) is 8.36. The molecule has 13 heteroatoms. The lowest BCUT2D eigenvalue weighted by molar-refractivity contribution is 0.0391. The molecule has 0 aromatic heterocycles. The van der Waals surface area contributed by atoms with E-state index in [0.29, 0.717) is 0 Å². The van der Waals surface area contributed by atoms with Crippen LogP contribution in [-0.2, 0) is 25.0 Å². The van der Waals surface area contributed by atoms with E-state index < -0.39 is 64.5 Å². The standard InChI is InChI=1S/C14H12N2O9S2/c15-9-5-1-3-7(11(9)26(19,20)21)13(17)25-14(18)8-4-2-6-10(16)12(8)27(22,23)24/h1-6H,15-16H2,(H,19,20,21)(H,22,23,24). The third-order valence-corrected chi connectivity index (χ3v) is 5.18. The van der Waals surface area contributed by atoms with E-state index in [9.17, 15) is 35.5 Å². The second-order valence-corrected chi connectivity index (χ2v) is 7.79. The number of carbonyl (C=O) groups is 2. The fourth-order valence-electron chi connectivity index (χ4n) is 2.20. The third kappa shape index (κ3) is 4.22. The summed E-state index contributed by atoms with van der Waals surface area (Å²) < 4.78 is 68.6. The van der Waals surface area contributed by atoms with E-state index >= 15 is 0 Å². The summed E-state index contributed by atoms with van der Waals surface area (Å²) in [7, 11) is -9.88. The molecule has 0 spiro atoms. The van der Waals surface area contributed by atoms with Crippen molar-refractivity contribution >= 4 is 43.5 Å². The Labute approximate surface area is 153 Å². The van der Waals surface area contributed by atoms with Crippen molar-refractivity contribution in [1.82, 2.24) is 0 Å². The summed E-state index contributed by atoms with van der Waals surface area (Å²) in [4.78, 5) is 22.4. The van der Waals surface area contributed by atoms with Crippen molar-refractivity contribution in [2.24, 2.45) is 0 Å². The zero-order valence-corrected chi connectivity index (χ0v) is 14.8. The number of nitrogen functional groups attached to an aromatic ring is 2. The van der Waals surface area contributed by atoms with Crippen LogP contribution in [0.3, 0.4) is 0 Å². The molecule has 0 unspecified atom stereocenters. The average Bonchev–Trinajstić information content (AvgIpc) is 2.51. The van der Waals surface area contributed by atoms with Gasteiger partial charge in [-0.05, 0) is 24.3 Å². The van der Waals surface area contributed by atoms with Gasteiger partial charge in [0.1, 0.15) is 9.79 Å². The molecule has 0 bridgehead atoms. The Morgan fingerprint density at radius 1 is 0.741 bits per heavy atom. The quantitative estimate of drug-likeness (QED) is 0.231. The minimum Gasteiger partial charge on any atom is -0.398 e. The highest BCUT2D eigenvalue weighted by molar-refractivity contribution is 7.86. The maximum atomic E-state index is 12.2. The number of carbonyl (C=O) groups excluding carboxylic acids is 2. The van der Waals surface area contributed by atoms with Crippen LogP contribution < -0.4 is 11.5 Å². The van der Waals surface area contributed by atoms with Gasteiger partial charge >= 0.3 is 11.9 Å². The second kappa shape index (κ2) is 6.96. The number of ether oxygens (including phenoxy) is 1. The first-order chi connectivity index (χ1) is 12.3. The van der Waals surface area contributed by atoms with Gasteiger partial charge in [0.25, 0.3) is 20.2 Å². The highest BCUT2D eigenvalue weighted by atomic mass is 32.2. The van der Waals surface area contributed by atoms with Gasteiger partial charge in [-0.25, -0.2) is 9.59 Å². The summed E-state index contributed by atoms with van der Waals surface area (Å²) in [5.74, 6) is -3.08. The highest BCUT2D eigenvalue weighted by Gasteiger charge is 2.29. The monoisotopic (exact) mass is 416 g/mol. The summed E-state index contributed by atoms with van der Waals surface area (Å²) >= 11 is 0. The summed E-state index contributed by atoms with van der Waals surface area (Å²) in [5, 5.41) is 0. The number of hydrogen-bond donors (Lipinski definition) is 4. The average molecular weight is 416 g/mol. The molecule has 0 radical (unpaired) electrons. The van der Waals surface area contributed by atoms with Crippen molar-refractivity contribution in [1.29, 1.82) is 0 Å². The Balaban J connectivity index is 2.50. The van der Waals surface area contributed by atoms with E-state index in [1.54, 1.807) is 0 Å². The summed E-state index contributed by atoms with van der Waals surface area (Å²) in [6, 6.07) is 6.31. The molecule has 2 rings (SSSR count). The Morgan fingerprint density at radius 2 is 1.07 bits per heavy atom. The van der Waals surface area contributed by atoms with Crippen LogP contribution in [-0.4, -0.2) is 37.9 Å². The zero-order chi connectivity index (χ0) is 20.6. The first-order valence-electron chi connectivity index (χ1n) is 6.82. The summed E-state index contributed by atoms with van der Waals surface area (Å²) in [6.45, 7) is 0. The molecule has 0 heterocycles. The first kappa shape index (κ1) is 20.3. The van der Waals surface area contributed by atoms with Gasteiger partial charge in [0.2, 0.25) is 0 Å². The predicted octanol–water partition coefficient (Wildman–Crippen LogP) is 0.342. The molecule has 0 aliphatic heterocycles. The minimum atomic E-state index is -4.94. The van der Waals surface area contributed by atoms with Crippen molar-refractivity contribution in [3.63, 3.8) is 0 Å². The van der Waals surface area contributed by atoms with Crippen molar-refractivity contribution in [3.8, 4) is 0 Å². The lowest BCUT2D eigenvalue weighted by Crippen LogP contribution is -2.19. The van der Waals surface area contributed by atoms with Gasteiger partial charge in [-0.1, -0.05) is 12.1 Å². The Bertz CT molecular complexity index is 1060. The molecule has 0 aliphatic carbocycles. The third-order valence-electron chi connectivity index (χ3n) is 3.23. The molecule has 11 nitrogen and oxygen atoms in total. The van der Waals surface area contributed by atoms with Crippen molar-refractivity contribution in [3.05, 3.63) is 47.5 Å². The van der Waals surface area contributed by atoms with Crippen LogP contribution in [0.1, 0.15) is 20.7 Å². The van der Waals surface area contributed by atoms with Gasteiger partial charge in [0, 0.05) is 0 Å². The highest BCUT2D eigenvalue weighted by Crippen LogP contribution is 2.26. The van der Waals surface area contributed by atoms with Crippen LogP contribution in [0, 0.1) is 0 Å². The van der Waals surface area contributed by atoms with Gasteiger partial charge in [-0.15, -0.1) is 0 Å². The molecule has 0 aliphatic rings. The van der Waals surface area contributed by atoms with E-state index in [-0.39, 0.29) is 0 Å². The summed E-state index contributed by atoms with van der Waals surface area (Å²) in [6.07, 6.45) is 0. The molecule has 0 saturated carbocycles. The van der Waals surface area contributed by atoms with E-state index in [2.05, 4.69) is 4.74 Å². The predicted molar refractivity (Wildman–Crippen MR) is 91.1 cm³/mol. The van der Waals surface area contributed by atoms with Gasteiger partial charge in [-0.3, -0.25) is 9.11 Å². The molecular formula is C14H12N2O9S2. The topological polar surface area (TPSA) is 204 Å². The lowest BCUT2D eigenvalue weighted by atomic mass is 10.2. The molecule has 27 heavy (non-hydrogen) atoms. The Hall–Kier alpha value is -3.00. The van der Waals surface area contributed by atoms with Crippen LogP contribution in [0.5, 0.6) is 0 Å². The molecular weight excluding hydrogens is 404 g/mol. The van der Waals surface area contributed by atoms with E-state index in [1.165, 1.54) is 0 Å². The van der Waals surface area contributed by atoms with Crippen LogP contribution >= 0.6 is 0 Å². The molecule has 0 atom stereocenters. The number of rotatable bonds is 4. The Kier molecular flexibility index (Phi) is 5.23. The van der Waals surface area contributed by atoms with Crippen LogP contribution in [0.2, 0.25) is 0 Å². The number of nitrogens with two attached hydrogens (primary N) is 2. The van der Waals surface area contributed by atoms with E-state index in [1.807, 2.05) is 0 Å². The van der Waals surface area contributed by atoms with Crippen LogP contribution in [0.25, 0.3) is 0 Å². The maximum absolute atomic E-state index is 12.2. The fraction of sp³-hybridized carbons (Fsp3) is 0. The largest absolute Gasteiger partial charge is 0.398 e. The van der Waals surface area contributed by atoms with E-state index in [0.717, 1.165) is 36.4 Å². The lowest BCUT2D eigenvalue weighted by Gasteiger charge is -2.11. The molecule has 144 valence electrons. The fourth-order valence-corrected chi connectivity index (χ4v) is 3.79. The van der Waals surface area contributed by atoms with Crippen molar-refractivity contribution < 1.29 is 40.3 Å². The number of esters is 2. The zero-order valence-electron chi connectivity index (χ0n) is 13.2. The maximum Gasteiger partial charge on any atom is 0.347 e. The number of anilines is 2. The molecule has 0 amide bonds. The SMILES string of the molecule is Nc1cccc(C(=O)OC(=O)c2cccc(N)c2S(=O)(=O)O)c1S(=O)(=O)O. The number of benzene rings is 2. The first-order valence-corrected chi connectivity index (χ1v) is 9.70. The second-order valence-electron chi connectivity index (χ2n) is 5.07. The molecule has 0 fully saturated rings. The van der Waals surface area contributed by atoms with Gasteiger partial charge in [0.05, 0.1) is 22.5 Å². The van der Waals surface area contributed by atoms with Gasteiger partial charge in [0.15, 0.2) is 0 Å². The van der Waals surface area contributed by atoms with Gasteiger partial charge < -0.3 is 16.2 Å². The van der Waals surface area contributed by atoms with Crippen molar-refractivity contribution in [2.45, 2.75) is 9.79 Å². The van der Waals surface area contributed by atoms with E-state index in [4.69, 9.17) is 11.5 Å².